The fourth-order valence-electron chi connectivity index (χ4n) is 9.81. The third kappa shape index (κ3) is 6.98. The first-order chi connectivity index (χ1) is 26.4. The number of nitrogens with zero attached hydrogens (tertiary/aromatic N) is 2. The fourth-order valence-corrected chi connectivity index (χ4v) is 9.81. The summed E-state index contributed by atoms with van der Waals surface area (Å²) in [4.78, 5) is 43.2. The van der Waals surface area contributed by atoms with Crippen LogP contribution in [0, 0.1) is 22.7 Å². The van der Waals surface area contributed by atoms with Crippen molar-refractivity contribution in [3.05, 3.63) is 71.8 Å². The van der Waals surface area contributed by atoms with Crippen molar-refractivity contribution in [2.75, 3.05) is 26.9 Å². The SMILES string of the molecule is C.C.CC(C)(C)[C@@H]1OC[C@]2(CO)N1C(=O)[C@@H]1C[C@@H](OCc3ccccc3)O[C@@]12C.COC(=O)[C@@]12CO[C@@H](C(C)(C)C)N1C(=O)[C@@H]1C[C@@H](OCc3ccccc3)O[C@@]12C. The van der Waals surface area contributed by atoms with Crippen LogP contribution in [0.15, 0.2) is 60.7 Å². The van der Waals surface area contributed by atoms with Crippen molar-refractivity contribution < 1.29 is 52.6 Å². The highest BCUT2D eigenvalue weighted by atomic mass is 16.7. The molecule has 13 nitrogen and oxygen atoms in total. The summed E-state index contributed by atoms with van der Waals surface area (Å²) in [6.45, 7) is 16.8. The average molecular weight is 811 g/mol. The van der Waals surface area contributed by atoms with Gasteiger partial charge in [-0.05, 0) is 25.0 Å². The second-order valence-electron chi connectivity index (χ2n) is 18.5. The number of hydrogen-bond donors (Lipinski definition) is 1. The minimum atomic E-state index is -1.31. The van der Waals surface area contributed by atoms with E-state index in [1.807, 2.05) is 116 Å². The normalized spacial score (nSPS) is 36.0. The number of amides is 2. The van der Waals surface area contributed by atoms with E-state index >= 15 is 0 Å². The number of aliphatic hydroxyl groups is 1. The molecule has 10 atom stereocenters. The first-order valence-electron chi connectivity index (χ1n) is 19.6. The Balaban J connectivity index is 0.000000214. The molecule has 0 aliphatic carbocycles. The van der Waals surface area contributed by atoms with Crippen molar-refractivity contribution in [2.24, 2.45) is 22.7 Å². The van der Waals surface area contributed by atoms with Crippen LogP contribution in [0.25, 0.3) is 0 Å². The largest absolute Gasteiger partial charge is 0.467 e. The molecule has 6 fully saturated rings. The Bertz CT molecular complexity index is 1780. The first kappa shape index (κ1) is 45.7. The molecule has 0 unspecified atom stereocenters. The number of carbonyl (C=O) groups is 3. The molecule has 0 bridgehead atoms. The molecule has 6 aliphatic heterocycles. The Kier molecular flexibility index (Phi) is 12.8. The Morgan fingerprint density at radius 2 is 1.16 bits per heavy atom. The van der Waals surface area contributed by atoms with Gasteiger partial charge in [0.25, 0.3) is 0 Å². The molecular weight excluding hydrogens is 744 g/mol. The summed E-state index contributed by atoms with van der Waals surface area (Å²) in [6, 6.07) is 19.7. The summed E-state index contributed by atoms with van der Waals surface area (Å²) < 4.78 is 41.7. The maximum absolute atomic E-state index is 13.5. The highest BCUT2D eigenvalue weighted by Gasteiger charge is 2.79. The number of esters is 1. The van der Waals surface area contributed by atoms with Gasteiger partial charge in [-0.3, -0.25) is 14.5 Å². The van der Waals surface area contributed by atoms with Crippen LogP contribution in [0.1, 0.15) is 94.2 Å². The number of carbonyl (C=O) groups excluding carboxylic acids is 3. The van der Waals surface area contributed by atoms with Gasteiger partial charge in [0.05, 0.1) is 52.0 Å². The Morgan fingerprint density at radius 3 is 1.62 bits per heavy atom. The van der Waals surface area contributed by atoms with E-state index in [1.54, 1.807) is 9.80 Å². The molecule has 6 aliphatic rings. The lowest BCUT2D eigenvalue weighted by Gasteiger charge is -2.42. The maximum atomic E-state index is 13.5. The van der Waals surface area contributed by atoms with Gasteiger partial charge in [-0.15, -0.1) is 0 Å². The van der Waals surface area contributed by atoms with Crippen LogP contribution in [-0.2, 0) is 60.8 Å². The Hall–Kier alpha value is -3.43. The molecule has 58 heavy (non-hydrogen) atoms. The average Bonchev–Trinajstić information content (AvgIpc) is 3.98. The molecule has 6 heterocycles. The van der Waals surface area contributed by atoms with Gasteiger partial charge in [0.1, 0.15) is 29.2 Å². The lowest BCUT2D eigenvalue weighted by Crippen LogP contribution is -2.64. The fraction of sp³-hybridized carbons (Fsp3) is 0.667. The van der Waals surface area contributed by atoms with Gasteiger partial charge in [0.2, 0.25) is 11.8 Å². The Morgan fingerprint density at radius 1 is 0.724 bits per heavy atom. The van der Waals surface area contributed by atoms with Gasteiger partial charge in [-0.2, -0.15) is 0 Å². The minimum absolute atomic E-state index is 0. The molecule has 0 aromatic heterocycles. The summed E-state index contributed by atoms with van der Waals surface area (Å²) >= 11 is 0. The standard InChI is InChI=1S/C22H29NO6.C21H29NO5.2CH4/c1-20(2,3)18-23-17(24)15-11-16(27-12-14-9-7-6-8-10-14)29-21(15,4)22(23,13-28-18)19(25)26-5;1-19(2,3)18-22-17(24)15-10-16(25-11-14-8-6-5-7-9-14)27-20(15,4)21(22,12-23)13-26-18;;/h6-10,15-16,18H,11-13H2,1-5H3;5-9,15-16,18,23H,10-13H2,1-4H3;2*1H4/t15-,16-,18-,21-,22+;15-,16-,18-,20-,21-;;/m00../s1. The quantitative estimate of drug-likeness (QED) is 0.312. The summed E-state index contributed by atoms with van der Waals surface area (Å²) in [7, 11) is 1.33. The van der Waals surface area contributed by atoms with Crippen LogP contribution in [-0.4, -0.2) is 107 Å². The number of benzene rings is 2. The molecule has 2 aromatic rings. The van der Waals surface area contributed by atoms with Crippen molar-refractivity contribution in [3.8, 4) is 0 Å². The van der Waals surface area contributed by atoms with Crippen LogP contribution < -0.4 is 0 Å². The van der Waals surface area contributed by atoms with Gasteiger partial charge in [0, 0.05) is 23.7 Å². The van der Waals surface area contributed by atoms with Gasteiger partial charge in [-0.1, -0.05) is 117 Å². The molecule has 0 spiro atoms. The zero-order valence-corrected chi connectivity index (χ0v) is 34.1. The summed E-state index contributed by atoms with van der Waals surface area (Å²) in [5.41, 5.74) is -2.62. The van der Waals surface area contributed by atoms with Crippen molar-refractivity contribution in [3.63, 3.8) is 0 Å². The molecule has 1 N–H and O–H groups in total. The number of methoxy groups -OCH3 is 1. The van der Waals surface area contributed by atoms with Crippen LogP contribution in [0.3, 0.4) is 0 Å². The zero-order valence-electron chi connectivity index (χ0n) is 34.1. The van der Waals surface area contributed by atoms with Gasteiger partial charge in [0.15, 0.2) is 18.1 Å². The lowest BCUT2D eigenvalue weighted by molar-refractivity contribution is -0.207. The third-order valence-electron chi connectivity index (χ3n) is 12.9. The van der Waals surface area contributed by atoms with E-state index in [0.717, 1.165) is 11.1 Å². The van der Waals surface area contributed by atoms with Crippen LogP contribution >= 0.6 is 0 Å². The molecule has 8 rings (SSSR count). The topological polar surface area (TPSA) is 143 Å². The van der Waals surface area contributed by atoms with Crippen LogP contribution in [0.4, 0.5) is 0 Å². The smallest absolute Gasteiger partial charge is 0.337 e. The van der Waals surface area contributed by atoms with Crippen LogP contribution in [0.2, 0.25) is 0 Å². The number of hydrogen-bond acceptors (Lipinski definition) is 11. The highest BCUT2D eigenvalue weighted by Crippen LogP contribution is 2.59. The molecule has 13 heteroatoms. The number of ether oxygens (including phenoxy) is 7. The van der Waals surface area contributed by atoms with E-state index in [2.05, 4.69) is 0 Å². The van der Waals surface area contributed by atoms with Crippen molar-refractivity contribution in [1.29, 1.82) is 0 Å². The molecule has 0 radical (unpaired) electrons. The number of rotatable bonds is 8. The summed E-state index contributed by atoms with van der Waals surface area (Å²) in [5.74, 6) is -1.47. The molecule has 2 amide bonds. The predicted molar refractivity (Wildman–Crippen MR) is 215 cm³/mol. The van der Waals surface area contributed by atoms with Crippen molar-refractivity contribution in [2.45, 2.75) is 144 Å². The molecule has 2 aromatic carbocycles. The van der Waals surface area contributed by atoms with E-state index in [0.29, 0.717) is 26.1 Å². The maximum Gasteiger partial charge on any atom is 0.337 e. The number of aliphatic hydroxyl groups excluding tert-OH is 1. The van der Waals surface area contributed by atoms with E-state index in [-0.39, 0.29) is 69.5 Å². The molecule has 6 saturated heterocycles. The molecule has 0 saturated carbocycles. The van der Waals surface area contributed by atoms with Gasteiger partial charge < -0.3 is 43.2 Å². The Labute approximate surface area is 344 Å². The number of fused-ring (bicyclic) bond motifs is 6. The monoisotopic (exact) mass is 810 g/mol. The minimum Gasteiger partial charge on any atom is -0.467 e. The zero-order chi connectivity index (χ0) is 40.5. The van der Waals surface area contributed by atoms with Crippen molar-refractivity contribution >= 4 is 17.8 Å². The van der Waals surface area contributed by atoms with E-state index in [9.17, 15) is 19.5 Å². The lowest BCUT2D eigenvalue weighted by atomic mass is 9.77. The molecular formula is C45H66N2O11. The summed E-state index contributed by atoms with van der Waals surface area (Å²) in [5, 5.41) is 10.3. The third-order valence-corrected chi connectivity index (χ3v) is 12.9. The second-order valence-corrected chi connectivity index (χ2v) is 18.5. The van der Waals surface area contributed by atoms with Gasteiger partial charge in [-0.25, -0.2) is 4.79 Å². The van der Waals surface area contributed by atoms with E-state index < -0.39 is 53.0 Å². The predicted octanol–water partition coefficient (Wildman–Crippen LogP) is 6.05. The van der Waals surface area contributed by atoms with E-state index in [1.165, 1.54) is 7.11 Å². The summed E-state index contributed by atoms with van der Waals surface area (Å²) in [6.07, 6.45) is -1.04. The molecule has 322 valence electrons. The van der Waals surface area contributed by atoms with Crippen LogP contribution in [0.5, 0.6) is 0 Å². The second kappa shape index (κ2) is 16.2. The van der Waals surface area contributed by atoms with Gasteiger partial charge >= 0.3 is 5.97 Å². The first-order valence-corrected chi connectivity index (χ1v) is 19.6. The van der Waals surface area contributed by atoms with Crippen molar-refractivity contribution in [1.82, 2.24) is 9.80 Å². The van der Waals surface area contributed by atoms with E-state index in [4.69, 9.17) is 33.2 Å². The highest BCUT2D eigenvalue weighted by molar-refractivity contribution is 5.97.